The van der Waals surface area contributed by atoms with Crippen molar-refractivity contribution in [3.8, 4) is 0 Å². The van der Waals surface area contributed by atoms with E-state index < -0.39 is 11.9 Å². The van der Waals surface area contributed by atoms with Gasteiger partial charge < -0.3 is 4.74 Å². The minimum atomic E-state index is -0.890. The number of rotatable bonds is 4. The van der Waals surface area contributed by atoms with Crippen molar-refractivity contribution < 1.29 is 13.9 Å². The molecule has 1 atom stereocenters. The van der Waals surface area contributed by atoms with E-state index in [4.69, 9.17) is 4.74 Å². The first-order chi connectivity index (χ1) is 9.66. The van der Waals surface area contributed by atoms with Gasteiger partial charge in [0.2, 0.25) is 5.69 Å². The summed E-state index contributed by atoms with van der Waals surface area (Å²) < 4.78 is 20.1. The molecule has 5 nitrogen and oxygen atoms in total. The maximum absolute atomic E-state index is 13.7. The normalized spacial score (nSPS) is 15.9. The third kappa shape index (κ3) is 2.41. The molecule has 1 aliphatic carbocycles. The monoisotopic (exact) mass is 275 g/mol. The van der Waals surface area contributed by atoms with Gasteiger partial charge >= 0.3 is 5.97 Å². The van der Waals surface area contributed by atoms with Crippen molar-refractivity contribution in [3.63, 3.8) is 0 Å². The zero-order valence-electron chi connectivity index (χ0n) is 11.0. The van der Waals surface area contributed by atoms with Crippen LogP contribution in [-0.4, -0.2) is 27.1 Å². The van der Waals surface area contributed by atoms with Crippen LogP contribution in [-0.2, 0) is 4.74 Å². The Balaban J connectivity index is 1.91. The number of aromatic nitrogens is 3. The van der Waals surface area contributed by atoms with Crippen molar-refractivity contribution in [3.05, 3.63) is 47.5 Å². The molecule has 0 N–H and O–H groups in total. The highest BCUT2D eigenvalue weighted by atomic mass is 19.1. The molecule has 1 aromatic carbocycles. The maximum atomic E-state index is 13.7. The summed E-state index contributed by atoms with van der Waals surface area (Å²) in [5.41, 5.74) is 0.700. The van der Waals surface area contributed by atoms with E-state index in [9.17, 15) is 9.18 Å². The molecule has 1 saturated carbocycles. The van der Waals surface area contributed by atoms with Crippen LogP contribution in [0.5, 0.6) is 0 Å². The summed E-state index contributed by atoms with van der Waals surface area (Å²) >= 11 is 0. The summed E-state index contributed by atoms with van der Waals surface area (Å²) in [6.07, 6.45) is 1.59. The fraction of sp³-hybridized carbons (Fsp3) is 0.357. The van der Waals surface area contributed by atoms with Crippen molar-refractivity contribution in [2.45, 2.75) is 31.9 Å². The topological polar surface area (TPSA) is 57.0 Å². The minimum Gasteiger partial charge on any atom is -0.458 e. The summed E-state index contributed by atoms with van der Waals surface area (Å²) in [7, 11) is 0. The Bertz CT molecular complexity index is 623. The summed E-state index contributed by atoms with van der Waals surface area (Å²) in [6.45, 7) is 1.83. The summed E-state index contributed by atoms with van der Waals surface area (Å²) in [4.78, 5) is 12.0. The van der Waals surface area contributed by atoms with Gasteiger partial charge in [0.1, 0.15) is 6.10 Å². The third-order valence-electron chi connectivity index (χ3n) is 3.29. The van der Waals surface area contributed by atoms with Gasteiger partial charge in [-0.2, -0.15) is 4.39 Å². The van der Waals surface area contributed by atoms with E-state index >= 15 is 0 Å². The van der Waals surface area contributed by atoms with Crippen LogP contribution in [0.2, 0.25) is 0 Å². The maximum Gasteiger partial charge on any atom is 0.361 e. The first-order valence-corrected chi connectivity index (χ1v) is 6.53. The van der Waals surface area contributed by atoms with Gasteiger partial charge in [0.15, 0.2) is 0 Å². The number of ether oxygens (including phenoxy) is 1. The van der Waals surface area contributed by atoms with Crippen LogP contribution < -0.4 is 0 Å². The second-order valence-electron chi connectivity index (χ2n) is 4.86. The van der Waals surface area contributed by atoms with E-state index in [1.165, 1.54) is 4.68 Å². The number of hydrogen-bond donors (Lipinski definition) is 0. The number of nitrogens with zero attached hydrogens (tertiary/aromatic N) is 3. The zero-order valence-corrected chi connectivity index (χ0v) is 11.0. The van der Waals surface area contributed by atoms with Gasteiger partial charge in [-0.1, -0.05) is 40.6 Å². The van der Waals surface area contributed by atoms with Gasteiger partial charge in [0.25, 0.3) is 5.95 Å². The van der Waals surface area contributed by atoms with E-state index in [1.807, 2.05) is 37.3 Å². The molecule has 0 unspecified atom stereocenters. The Hall–Kier alpha value is -2.24. The van der Waals surface area contributed by atoms with Crippen LogP contribution in [0.1, 0.15) is 41.9 Å². The molecule has 104 valence electrons. The Morgan fingerprint density at radius 3 is 2.75 bits per heavy atom. The Morgan fingerprint density at radius 2 is 2.10 bits per heavy atom. The standard InChI is InChI=1S/C14H14FN3O2/c1-9(10-5-3-2-4-6-10)18-12(13(15)16-17-18)14(19)20-11-7-8-11/h2-6,9,11H,7-8H2,1H3/t9-/m1/s1. The summed E-state index contributed by atoms with van der Waals surface area (Å²) in [5, 5.41) is 7.09. The lowest BCUT2D eigenvalue weighted by Crippen LogP contribution is -2.19. The van der Waals surface area contributed by atoms with Gasteiger partial charge in [-0.3, -0.25) is 0 Å². The molecule has 3 rings (SSSR count). The molecule has 0 aliphatic heterocycles. The van der Waals surface area contributed by atoms with Crippen molar-refractivity contribution >= 4 is 5.97 Å². The highest BCUT2D eigenvalue weighted by molar-refractivity contribution is 5.87. The highest BCUT2D eigenvalue weighted by Gasteiger charge is 2.31. The lowest BCUT2D eigenvalue weighted by Gasteiger charge is -2.14. The van der Waals surface area contributed by atoms with Crippen LogP contribution in [0.3, 0.4) is 0 Å². The molecular formula is C14H14FN3O2. The predicted molar refractivity (Wildman–Crippen MR) is 68.7 cm³/mol. The van der Waals surface area contributed by atoms with Gasteiger partial charge in [-0.15, -0.1) is 0 Å². The van der Waals surface area contributed by atoms with Gasteiger partial charge in [-0.05, 0) is 25.3 Å². The van der Waals surface area contributed by atoms with Crippen LogP contribution in [0.15, 0.2) is 30.3 Å². The quantitative estimate of drug-likeness (QED) is 0.804. The highest BCUT2D eigenvalue weighted by Crippen LogP contribution is 2.26. The number of carbonyl (C=O) groups excluding carboxylic acids is 1. The number of benzene rings is 1. The fourth-order valence-corrected chi connectivity index (χ4v) is 1.99. The van der Waals surface area contributed by atoms with Crippen LogP contribution >= 0.6 is 0 Å². The van der Waals surface area contributed by atoms with E-state index in [2.05, 4.69) is 10.3 Å². The predicted octanol–water partition coefficient (Wildman–Crippen LogP) is 2.35. The minimum absolute atomic E-state index is 0.0859. The lowest BCUT2D eigenvalue weighted by atomic mass is 10.1. The number of esters is 1. The molecule has 1 aromatic heterocycles. The molecule has 1 fully saturated rings. The van der Waals surface area contributed by atoms with Gasteiger partial charge in [-0.25, -0.2) is 9.48 Å². The second kappa shape index (κ2) is 5.03. The van der Waals surface area contributed by atoms with Gasteiger partial charge in [0.05, 0.1) is 6.04 Å². The zero-order chi connectivity index (χ0) is 14.1. The van der Waals surface area contributed by atoms with E-state index in [-0.39, 0.29) is 17.8 Å². The Morgan fingerprint density at radius 1 is 1.40 bits per heavy atom. The fourth-order valence-electron chi connectivity index (χ4n) is 1.99. The first kappa shape index (κ1) is 12.8. The number of hydrogen-bond acceptors (Lipinski definition) is 4. The average Bonchev–Trinajstić information content (AvgIpc) is 3.19. The lowest BCUT2D eigenvalue weighted by molar-refractivity contribution is 0.0450. The van der Waals surface area contributed by atoms with E-state index in [0.717, 1.165) is 18.4 Å². The molecule has 0 saturated heterocycles. The van der Waals surface area contributed by atoms with E-state index in [1.54, 1.807) is 0 Å². The molecule has 0 spiro atoms. The number of halogens is 1. The van der Waals surface area contributed by atoms with Crippen molar-refractivity contribution in [1.29, 1.82) is 0 Å². The average molecular weight is 275 g/mol. The molecule has 0 amide bonds. The van der Waals surface area contributed by atoms with E-state index in [0.29, 0.717) is 0 Å². The molecule has 2 aromatic rings. The van der Waals surface area contributed by atoms with Crippen molar-refractivity contribution in [1.82, 2.24) is 15.0 Å². The van der Waals surface area contributed by atoms with Crippen LogP contribution in [0.4, 0.5) is 4.39 Å². The Kier molecular flexibility index (Phi) is 3.22. The van der Waals surface area contributed by atoms with Crippen LogP contribution in [0, 0.1) is 5.95 Å². The Labute approximate surface area is 115 Å². The summed E-state index contributed by atoms with van der Waals surface area (Å²) in [6, 6.07) is 9.12. The summed E-state index contributed by atoms with van der Waals surface area (Å²) in [5.74, 6) is -1.59. The van der Waals surface area contributed by atoms with Gasteiger partial charge in [0, 0.05) is 0 Å². The third-order valence-corrected chi connectivity index (χ3v) is 3.29. The first-order valence-electron chi connectivity index (χ1n) is 6.53. The molecule has 1 heterocycles. The molecule has 6 heteroatoms. The largest absolute Gasteiger partial charge is 0.458 e. The smallest absolute Gasteiger partial charge is 0.361 e. The number of carbonyl (C=O) groups is 1. The SMILES string of the molecule is C[C@H](c1ccccc1)n1nnc(F)c1C(=O)OC1CC1. The van der Waals surface area contributed by atoms with Crippen molar-refractivity contribution in [2.75, 3.05) is 0 Å². The molecule has 1 aliphatic rings. The van der Waals surface area contributed by atoms with Crippen LogP contribution in [0.25, 0.3) is 0 Å². The molecule has 0 radical (unpaired) electrons. The molecular weight excluding hydrogens is 261 g/mol. The molecule has 0 bridgehead atoms. The molecule has 20 heavy (non-hydrogen) atoms. The second-order valence-corrected chi connectivity index (χ2v) is 4.86. The van der Waals surface area contributed by atoms with Crippen molar-refractivity contribution in [2.24, 2.45) is 0 Å².